The van der Waals surface area contributed by atoms with Gasteiger partial charge in [0.1, 0.15) is 10.8 Å². The van der Waals surface area contributed by atoms with Crippen LogP contribution >= 0.6 is 23.2 Å². The highest BCUT2D eigenvalue weighted by Crippen LogP contribution is 2.25. The zero-order valence-electron chi connectivity index (χ0n) is 12.4. The van der Waals surface area contributed by atoms with E-state index in [-0.39, 0.29) is 29.2 Å². The van der Waals surface area contributed by atoms with E-state index >= 15 is 0 Å². The number of rotatable bonds is 6. The summed E-state index contributed by atoms with van der Waals surface area (Å²) in [5.74, 6) is -0.470. The molecule has 1 aromatic heterocycles. The van der Waals surface area contributed by atoms with Gasteiger partial charge in [0.15, 0.2) is 6.10 Å². The van der Waals surface area contributed by atoms with Gasteiger partial charge in [0.25, 0.3) is 5.91 Å². The topological polar surface area (TPSA) is 51.2 Å². The first-order valence-corrected chi connectivity index (χ1v) is 7.75. The summed E-state index contributed by atoms with van der Waals surface area (Å²) in [5, 5.41) is 3.36. The molecule has 2 rings (SSSR count). The van der Waals surface area contributed by atoms with E-state index in [2.05, 4.69) is 10.3 Å². The number of benzene rings is 1. The van der Waals surface area contributed by atoms with Gasteiger partial charge in [-0.05, 0) is 30.2 Å². The second kappa shape index (κ2) is 8.13. The minimum absolute atomic E-state index is 0.153. The molecule has 122 valence electrons. The highest BCUT2D eigenvalue weighted by molar-refractivity contribution is 6.35. The van der Waals surface area contributed by atoms with Gasteiger partial charge in [-0.2, -0.15) is 0 Å². The molecule has 1 N–H and O–H groups in total. The molecule has 0 aliphatic rings. The number of nitrogens with zero attached hydrogens (tertiary/aromatic N) is 1. The van der Waals surface area contributed by atoms with Crippen LogP contribution < -0.4 is 10.1 Å². The molecule has 1 aromatic carbocycles. The fraction of sp³-hybridized carbons (Fsp3) is 0.250. The highest BCUT2D eigenvalue weighted by Gasteiger charge is 2.20. The maximum Gasteiger partial charge on any atom is 0.261 e. The van der Waals surface area contributed by atoms with Crippen molar-refractivity contribution in [1.82, 2.24) is 10.3 Å². The van der Waals surface area contributed by atoms with Crippen LogP contribution in [0.1, 0.15) is 18.9 Å². The Kier molecular flexibility index (Phi) is 6.19. The van der Waals surface area contributed by atoms with Gasteiger partial charge in [0.2, 0.25) is 5.88 Å². The monoisotopic (exact) mass is 356 g/mol. The number of carbonyl (C=O) groups excluding carboxylic acids is 1. The Bertz CT molecular complexity index is 680. The SMILES string of the molecule is CC[C@@H](Oc1ncc(Cl)cc1Cl)C(=O)NCc1ccc(F)cc1. The third kappa shape index (κ3) is 5.08. The lowest BCUT2D eigenvalue weighted by Crippen LogP contribution is -2.37. The van der Waals surface area contributed by atoms with Crippen LogP contribution in [0.3, 0.4) is 0 Å². The van der Waals surface area contributed by atoms with Crippen LogP contribution in [-0.2, 0) is 11.3 Å². The molecule has 1 heterocycles. The molecular weight excluding hydrogens is 342 g/mol. The molecule has 0 bridgehead atoms. The van der Waals surface area contributed by atoms with Crippen molar-refractivity contribution in [2.45, 2.75) is 26.0 Å². The van der Waals surface area contributed by atoms with Gasteiger partial charge in [-0.3, -0.25) is 4.79 Å². The number of hydrogen-bond acceptors (Lipinski definition) is 3. The standard InChI is InChI=1S/C16H15Cl2FN2O2/c1-2-14(23-16-13(18)7-11(17)9-21-16)15(22)20-8-10-3-5-12(19)6-4-10/h3-7,9,14H,2,8H2,1H3,(H,20,22)/t14-/m1/s1. The van der Waals surface area contributed by atoms with E-state index < -0.39 is 6.10 Å². The summed E-state index contributed by atoms with van der Waals surface area (Å²) in [6.45, 7) is 2.09. The minimum Gasteiger partial charge on any atom is -0.463 e. The van der Waals surface area contributed by atoms with E-state index in [1.54, 1.807) is 12.1 Å². The second-order valence-electron chi connectivity index (χ2n) is 4.80. The predicted molar refractivity (Wildman–Crippen MR) is 87.2 cm³/mol. The zero-order chi connectivity index (χ0) is 16.8. The van der Waals surface area contributed by atoms with Crippen LogP contribution in [-0.4, -0.2) is 17.0 Å². The Morgan fingerprint density at radius 3 is 2.65 bits per heavy atom. The van der Waals surface area contributed by atoms with Crippen LogP contribution in [0.4, 0.5) is 4.39 Å². The fourth-order valence-corrected chi connectivity index (χ4v) is 2.28. The molecule has 0 spiro atoms. The Morgan fingerprint density at radius 1 is 1.35 bits per heavy atom. The maximum atomic E-state index is 12.8. The zero-order valence-corrected chi connectivity index (χ0v) is 13.9. The number of halogens is 3. The highest BCUT2D eigenvalue weighted by atomic mass is 35.5. The Labute approximate surface area is 143 Å². The van der Waals surface area contributed by atoms with Crippen LogP contribution in [0.15, 0.2) is 36.5 Å². The first kappa shape index (κ1) is 17.5. The van der Waals surface area contributed by atoms with Gasteiger partial charge in [0.05, 0.1) is 5.02 Å². The molecule has 0 saturated heterocycles. The Hall–Kier alpha value is -1.85. The molecule has 23 heavy (non-hydrogen) atoms. The van der Waals surface area contributed by atoms with E-state index in [0.29, 0.717) is 11.4 Å². The molecule has 1 atom stereocenters. The summed E-state index contributed by atoms with van der Waals surface area (Å²) in [5.41, 5.74) is 0.789. The summed E-state index contributed by atoms with van der Waals surface area (Å²) in [6, 6.07) is 7.39. The van der Waals surface area contributed by atoms with Gasteiger partial charge in [-0.1, -0.05) is 42.3 Å². The molecule has 0 saturated carbocycles. The summed E-state index contributed by atoms with van der Waals surface area (Å²) >= 11 is 11.8. The van der Waals surface area contributed by atoms with Crippen LogP contribution in [0.2, 0.25) is 10.0 Å². The van der Waals surface area contributed by atoms with Crippen molar-refractivity contribution in [2.75, 3.05) is 0 Å². The normalized spacial score (nSPS) is 11.8. The van der Waals surface area contributed by atoms with Gasteiger partial charge in [-0.15, -0.1) is 0 Å². The molecule has 0 aliphatic heterocycles. The number of pyridine rings is 1. The quantitative estimate of drug-likeness (QED) is 0.850. The number of nitrogens with one attached hydrogen (secondary N) is 1. The lowest BCUT2D eigenvalue weighted by molar-refractivity contribution is -0.128. The number of aromatic nitrogens is 1. The smallest absolute Gasteiger partial charge is 0.261 e. The van der Waals surface area contributed by atoms with Crippen molar-refractivity contribution < 1.29 is 13.9 Å². The van der Waals surface area contributed by atoms with E-state index in [1.807, 2.05) is 6.92 Å². The fourth-order valence-electron chi connectivity index (χ4n) is 1.85. The molecule has 1 amide bonds. The summed E-state index contributed by atoms with van der Waals surface area (Å²) in [4.78, 5) is 16.2. The van der Waals surface area contributed by atoms with E-state index in [0.717, 1.165) is 5.56 Å². The van der Waals surface area contributed by atoms with Crippen molar-refractivity contribution in [1.29, 1.82) is 0 Å². The Balaban J connectivity index is 1.96. The lowest BCUT2D eigenvalue weighted by atomic mass is 10.2. The van der Waals surface area contributed by atoms with Gasteiger partial charge >= 0.3 is 0 Å². The average Bonchev–Trinajstić information content (AvgIpc) is 2.53. The molecular formula is C16H15Cl2FN2O2. The molecule has 0 unspecified atom stereocenters. The lowest BCUT2D eigenvalue weighted by Gasteiger charge is -2.17. The van der Waals surface area contributed by atoms with Crippen LogP contribution in [0.5, 0.6) is 5.88 Å². The van der Waals surface area contributed by atoms with Gasteiger partial charge < -0.3 is 10.1 Å². The molecule has 2 aromatic rings. The number of ether oxygens (including phenoxy) is 1. The van der Waals surface area contributed by atoms with Crippen LogP contribution in [0.25, 0.3) is 0 Å². The number of hydrogen-bond donors (Lipinski definition) is 1. The Morgan fingerprint density at radius 2 is 2.04 bits per heavy atom. The third-order valence-electron chi connectivity index (χ3n) is 3.07. The molecule has 0 radical (unpaired) electrons. The maximum absolute atomic E-state index is 12.8. The number of amides is 1. The third-order valence-corrected chi connectivity index (χ3v) is 3.55. The molecule has 0 aliphatic carbocycles. The number of carbonyl (C=O) groups is 1. The minimum atomic E-state index is -0.735. The van der Waals surface area contributed by atoms with Crippen molar-refractivity contribution in [2.24, 2.45) is 0 Å². The summed E-state index contributed by atoms with van der Waals surface area (Å²) in [6.07, 6.45) is 1.10. The van der Waals surface area contributed by atoms with Crippen molar-refractivity contribution in [3.63, 3.8) is 0 Å². The second-order valence-corrected chi connectivity index (χ2v) is 5.64. The first-order chi connectivity index (χ1) is 11.0. The average molecular weight is 357 g/mol. The van der Waals surface area contributed by atoms with Gasteiger partial charge in [-0.25, -0.2) is 9.37 Å². The van der Waals surface area contributed by atoms with Crippen LogP contribution in [0, 0.1) is 5.82 Å². The molecule has 0 fully saturated rings. The van der Waals surface area contributed by atoms with E-state index in [4.69, 9.17) is 27.9 Å². The largest absolute Gasteiger partial charge is 0.463 e. The van der Waals surface area contributed by atoms with Crippen molar-refractivity contribution >= 4 is 29.1 Å². The predicted octanol–water partition coefficient (Wildman–Crippen LogP) is 4.00. The van der Waals surface area contributed by atoms with E-state index in [9.17, 15) is 9.18 Å². The van der Waals surface area contributed by atoms with Gasteiger partial charge in [0, 0.05) is 12.7 Å². The van der Waals surface area contributed by atoms with Crippen molar-refractivity contribution in [3.05, 3.63) is 58.0 Å². The van der Waals surface area contributed by atoms with E-state index in [1.165, 1.54) is 24.4 Å². The molecule has 4 nitrogen and oxygen atoms in total. The first-order valence-electron chi connectivity index (χ1n) is 6.99. The van der Waals surface area contributed by atoms with Crippen molar-refractivity contribution in [3.8, 4) is 5.88 Å². The summed E-state index contributed by atoms with van der Waals surface area (Å²) in [7, 11) is 0. The summed E-state index contributed by atoms with van der Waals surface area (Å²) < 4.78 is 18.4. The molecule has 7 heteroatoms.